The summed E-state index contributed by atoms with van der Waals surface area (Å²) in [5.41, 5.74) is 4.97. The van der Waals surface area contributed by atoms with Gasteiger partial charge < -0.3 is 4.98 Å². The van der Waals surface area contributed by atoms with Gasteiger partial charge >= 0.3 is 0 Å². The zero-order valence-corrected chi connectivity index (χ0v) is 20.7. The maximum absolute atomic E-state index is 13.2. The molecule has 8 nitrogen and oxygen atoms in total. The fourth-order valence-corrected chi connectivity index (χ4v) is 5.49. The molecule has 1 aliphatic rings. The molecule has 0 radical (unpaired) electrons. The normalized spacial score (nSPS) is 15.3. The Balaban J connectivity index is 1.54. The van der Waals surface area contributed by atoms with E-state index in [4.69, 9.17) is 0 Å². The van der Waals surface area contributed by atoms with E-state index >= 15 is 0 Å². The summed E-state index contributed by atoms with van der Waals surface area (Å²) >= 11 is 0. The summed E-state index contributed by atoms with van der Waals surface area (Å²) < 4.78 is 2.04. The molecule has 1 N–H and O–H groups in total. The number of hydrogen-bond acceptors (Lipinski definition) is 6. The zero-order chi connectivity index (χ0) is 24.4. The van der Waals surface area contributed by atoms with Crippen LogP contribution >= 0.6 is 0 Å². The van der Waals surface area contributed by atoms with Crippen molar-refractivity contribution in [3.63, 3.8) is 0 Å². The van der Waals surface area contributed by atoms with E-state index in [1.165, 1.54) is 12.8 Å². The molecule has 3 aromatic heterocycles. The van der Waals surface area contributed by atoms with Gasteiger partial charge in [-0.05, 0) is 78.4 Å². The number of pyridine rings is 2. The number of nitrogens with one attached hydrogen (secondary N) is 1. The van der Waals surface area contributed by atoms with E-state index in [-0.39, 0.29) is 11.6 Å². The molecule has 3 heterocycles. The molecule has 0 bridgehead atoms. The van der Waals surface area contributed by atoms with Crippen molar-refractivity contribution in [2.24, 2.45) is 0 Å². The third-order valence-electron chi connectivity index (χ3n) is 7.19. The average Bonchev–Trinajstić information content (AvgIpc) is 3.53. The third-order valence-corrected chi connectivity index (χ3v) is 7.19. The van der Waals surface area contributed by atoms with Gasteiger partial charge in [-0.3, -0.25) is 14.7 Å². The van der Waals surface area contributed by atoms with Gasteiger partial charge in [0.15, 0.2) is 5.82 Å². The van der Waals surface area contributed by atoms with E-state index < -0.39 is 0 Å². The van der Waals surface area contributed by atoms with E-state index in [2.05, 4.69) is 63.3 Å². The molecule has 0 spiro atoms. The van der Waals surface area contributed by atoms with Crippen LogP contribution in [-0.2, 0) is 13.1 Å². The minimum Gasteiger partial charge on any atom is -0.322 e. The lowest BCUT2D eigenvalue weighted by Gasteiger charge is -2.31. The summed E-state index contributed by atoms with van der Waals surface area (Å²) in [5, 5.41) is 14.0. The van der Waals surface area contributed by atoms with Gasteiger partial charge in [0.2, 0.25) is 0 Å². The Morgan fingerprint density at radius 1 is 1.17 bits per heavy atom. The van der Waals surface area contributed by atoms with Crippen LogP contribution in [0.1, 0.15) is 79.2 Å². The Kier molecular flexibility index (Phi) is 6.72. The third kappa shape index (κ3) is 4.89. The van der Waals surface area contributed by atoms with Crippen molar-refractivity contribution in [2.75, 3.05) is 0 Å². The molecule has 5 rings (SSSR count). The van der Waals surface area contributed by atoms with E-state index in [1.54, 1.807) is 6.20 Å². The van der Waals surface area contributed by atoms with Crippen LogP contribution in [0.25, 0.3) is 10.9 Å². The van der Waals surface area contributed by atoms with Crippen LogP contribution in [0.15, 0.2) is 47.5 Å². The van der Waals surface area contributed by atoms with Crippen LogP contribution < -0.4 is 5.56 Å². The number of benzene rings is 1. The number of aryl methyl sites for hydroxylation is 2. The molecule has 0 saturated heterocycles. The fourth-order valence-electron chi connectivity index (χ4n) is 5.49. The maximum Gasteiger partial charge on any atom is 0.252 e. The largest absolute Gasteiger partial charge is 0.322 e. The maximum atomic E-state index is 13.2. The SMILES string of the molecule is CC[C@H](c1nnnn1C1CCCC1)N(Cc1cccnc1)Cc1cc2c(C)cc(C)cc2[nH]c1=O. The van der Waals surface area contributed by atoms with Crippen molar-refractivity contribution < 1.29 is 0 Å². The van der Waals surface area contributed by atoms with Gasteiger partial charge in [-0.2, -0.15) is 0 Å². The Morgan fingerprint density at radius 3 is 2.74 bits per heavy atom. The minimum absolute atomic E-state index is 0.0278. The smallest absolute Gasteiger partial charge is 0.252 e. The van der Waals surface area contributed by atoms with Crippen LogP contribution in [0, 0.1) is 13.8 Å². The molecule has 8 heteroatoms. The highest BCUT2D eigenvalue weighted by Gasteiger charge is 2.29. The van der Waals surface area contributed by atoms with Crippen molar-refractivity contribution in [3.8, 4) is 0 Å². The molecular weight excluding hydrogens is 438 g/mol. The van der Waals surface area contributed by atoms with Crippen LogP contribution in [0.5, 0.6) is 0 Å². The van der Waals surface area contributed by atoms with Gasteiger partial charge in [-0.1, -0.05) is 31.9 Å². The van der Waals surface area contributed by atoms with Gasteiger partial charge in [0, 0.05) is 41.9 Å². The topological polar surface area (TPSA) is 92.6 Å². The molecular formula is C27H33N7O. The highest BCUT2D eigenvalue weighted by Crippen LogP contribution is 2.33. The summed E-state index contributed by atoms with van der Waals surface area (Å²) in [6.07, 6.45) is 9.15. The number of hydrogen-bond donors (Lipinski definition) is 1. The van der Waals surface area contributed by atoms with E-state index in [0.717, 1.165) is 58.2 Å². The average molecular weight is 472 g/mol. The molecule has 0 unspecified atom stereocenters. The summed E-state index contributed by atoms with van der Waals surface area (Å²) in [5.74, 6) is 0.882. The van der Waals surface area contributed by atoms with E-state index in [9.17, 15) is 4.79 Å². The Labute approximate surface area is 205 Å². The number of rotatable bonds is 8. The summed E-state index contributed by atoms with van der Waals surface area (Å²) in [7, 11) is 0. The second-order valence-electron chi connectivity index (χ2n) is 9.78. The predicted octanol–water partition coefficient (Wildman–Crippen LogP) is 4.80. The van der Waals surface area contributed by atoms with Crippen molar-refractivity contribution >= 4 is 10.9 Å². The first kappa shape index (κ1) is 23.4. The molecule has 0 aliphatic heterocycles. The molecule has 1 aromatic carbocycles. The molecule has 35 heavy (non-hydrogen) atoms. The zero-order valence-electron chi connectivity index (χ0n) is 20.7. The molecule has 182 valence electrons. The Hall–Kier alpha value is -3.39. The fraction of sp³-hybridized carbons (Fsp3) is 0.444. The Bertz CT molecular complexity index is 1360. The van der Waals surface area contributed by atoms with Crippen LogP contribution in [0.2, 0.25) is 0 Å². The highest BCUT2D eigenvalue weighted by atomic mass is 16.1. The van der Waals surface area contributed by atoms with Gasteiger partial charge in [0.1, 0.15) is 0 Å². The number of tetrazole rings is 1. The second-order valence-corrected chi connectivity index (χ2v) is 9.78. The first-order valence-electron chi connectivity index (χ1n) is 12.6. The van der Waals surface area contributed by atoms with Crippen molar-refractivity contribution in [2.45, 2.75) is 78.0 Å². The number of H-pyrrole nitrogens is 1. The lowest BCUT2D eigenvalue weighted by Crippen LogP contribution is -2.32. The standard InChI is InChI=1S/C27H33N7O/c1-4-25(26-30-31-32-34(26)22-9-5-6-10-22)33(16-20-8-7-11-28-15-20)17-21-14-23-19(3)12-18(2)13-24(23)29-27(21)35/h7-8,11-15,22,25H,4-6,9-10,16-17H2,1-3H3,(H,29,35)/t25-/m1/s1. The van der Waals surface area contributed by atoms with Gasteiger partial charge in [-0.15, -0.1) is 5.10 Å². The highest BCUT2D eigenvalue weighted by molar-refractivity contribution is 5.83. The summed E-state index contributed by atoms with van der Waals surface area (Å²) in [6, 6.07) is 10.6. The molecule has 0 amide bonds. The van der Waals surface area contributed by atoms with Crippen molar-refractivity contribution in [3.05, 3.63) is 81.2 Å². The van der Waals surface area contributed by atoms with Crippen molar-refractivity contribution in [1.29, 1.82) is 0 Å². The van der Waals surface area contributed by atoms with Gasteiger partial charge in [0.25, 0.3) is 5.56 Å². The number of nitrogens with zero attached hydrogens (tertiary/aromatic N) is 6. The predicted molar refractivity (Wildman–Crippen MR) is 136 cm³/mol. The molecule has 4 aromatic rings. The lowest BCUT2D eigenvalue weighted by molar-refractivity contribution is 0.158. The molecule has 1 aliphatic carbocycles. The molecule has 1 atom stereocenters. The summed E-state index contributed by atoms with van der Waals surface area (Å²) in [4.78, 5) is 22.9. The number of aromatic amines is 1. The van der Waals surface area contributed by atoms with Crippen molar-refractivity contribution in [1.82, 2.24) is 35.1 Å². The van der Waals surface area contributed by atoms with Crippen LogP contribution in [-0.4, -0.2) is 35.1 Å². The lowest BCUT2D eigenvalue weighted by atomic mass is 10.0. The first-order chi connectivity index (χ1) is 17.0. The number of fused-ring (bicyclic) bond motifs is 1. The molecule has 1 fully saturated rings. The van der Waals surface area contributed by atoms with E-state index in [1.807, 2.05) is 29.1 Å². The first-order valence-corrected chi connectivity index (χ1v) is 12.6. The Morgan fingerprint density at radius 2 is 2.00 bits per heavy atom. The number of aromatic nitrogens is 6. The van der Waals surface area contributed by atoms with Crippen LogP contribution in [0.3, 0.4) is 0 Å². The van der Waals surface area contributed by atoms with E-state index in [0.29, 0.717) is 19.1 Å². The van der Waals surface area contributed by atoms with Crippen LogP contribution in [0.4, 0.5) is 0 Å². The summed E-state index contributed by atoms with van der Waals surface area (Å²) in [6.45, 7) is 7.44. The quantitative estimate of drug-likeness (QED) is 0.397. The van der Waals surface area contributed by atoms with Gasteiger partial charge in [-0.25, -0.2) is 4.68 Å². The second kappa shape index (κ2) is 10.1. The minimum atomic E-state index is -0.0519. The van der Waals surface area contributed by atoms with Gasteiger partial charge in [0.05, 0.1) is 12.1 Å². The molecule has 1 saturated carbocycles. The monoisotopic (exact) mass is 471 g/mol.